The van der Waals surface area contributed by atoms with Gasteiger partial charge in [0.2, 0.25) is 11.0 Å². The Labute approximate surface area is 152 Å². The standard InChI is InChI=1S/C18H24N4O2S/c1-3-4-9-17-20-21-18(25-17)19-16(23)11-22-10-14-7-5-6-8-15(14)24-12-13(22)2/h5-8,13H,3-4,9-12H2,1-2H3,(H,19,21,23). The van der Waals surface area contributed by atoms with E-state index in [0.29, 0.717) is 24.8 Å². The zero-order valence-corrected chi connectivity index (χ0v) is 15.5. The first-order chi connectivity index (χ1) is 12.2. The number of aromatic nitrogens is 2. The second-order valence-electron chi connectivity index (χ2n) is 6.33. The van der Waals surface area contributed by atoms with Crippen LogP contribution in [-0.4, -0.2) is 40.2 Å². The van der Waals surface area contributed by atoms with E-state index in [1.54, 1.807) is 0 Å². The van der Waals surface area contributed by atoms with Crippen molar-refractivity contribution in [3.63, 3.8) is 0 Å². The molecule has 7 heteroatoms. The number of hydrogen-bond acceptors (Lipinski definition) is 6. The number of carbonyl (C=O) groups is 1. The van der Waals surface area contributed by atoms with Crippen LogP contribution >= 0.6 is 11.3 Å². The number of nitrogens with one attached hydrogen (secondary N) is 1. The van der Waals surface area contributed by atoms with Crippen LogP contribution in [0, 0.1) is 0 Å². The number of anilines is 1. The number of benzene rings is 1. The predicted molar refractivity (Wildman–Crippen MR) is 99.0 cm³/mol. The molecule has 2 aromatic rings. The summed E-state index contributed by atoms with van der Waals surface area (Å²) < 4.78 is 5.84. The second-order valence-corrected chi connectivity index (χ2v) is 7.39. The number of hydrogen-bond donors (Lipinski definition) is 1. The molecule has 1 atom stereocenters. The molecular formula is C18H24N4O2S. The fourth-order valence-electron chi connectivity index (χ4n) is 2.75. The van der Waals surface area contributed by atoms with E-state index in [-0.39, 0.29) is 11.9 Å². The van der Waals surface area contributed by atoms with Gasteiger partial charge in [-0.15, -0.1) is 10.2 Å². The van der Waals surface area contributed by atoms with Crippen LogP contribution < -0.4 is 10.1 Å². The number of nitrogens with zero attached hydrogens (tertiary/aromatic N) is 3. The number of aryl methyl sites for hydroxylation is 1. The minimum Gasteiger partial charge on any atom is -0.492 e. The highest BCUT2D eigenvalue weighted by Crippen LogP contribution is 2.24. The lowest BCUT2D eigenvalue weighted by Gasteiger charge is -2.24. The average Bonchev–Trinajstić information content (AvgIpc) is 2.98. The van der Waals surface area contributed by atoms with Gasteiger partial charge in [-0.1, -0.05) is 42.9 Å². The van der Waals surface area contributed by atoms with Gasteiger partial charge in [-0.2, -0.15) is 0 Å². The van der Waals surface area contributed by atoms with E-state index < -0.39 is 0 Å². The largest absolute Gasteiger partial charge is 0.492 e. The Morgan fingerprint density at radius 1 is 1.40 bits per heavy atom. The highest BCUT2D eigenvalue weighted by atomic mass is 32.1. The molecule has 0 fully saturated rings. The van der Waals surface area contributed by atoms with Crippen molar-refractivity contribution in [1.82, 2.24) is 15.1 Å². The molecule has 1 N–H and O–H groups in total. The van der Waals surface area contributed by atoms with Crippen molar-refractivity contribution in [2.24, 2.45) is 0 Å². The number of para-hydroxylation sites is 1. The van der Waals surface area contributed by atoms with Gasteiger partial charge in [-0.3, -0.25) is 15.0 Å². The maximum atomic E-state index is 12.4. The van der Waals surface area contributed by atoms with Crippen LogP contribution in [0.1, 0.15) is 37.3 Å². The minimum atomic E-state index is -0.0653. The molecule has 0 radical (unpaired) electrons. The zero-order chi connectivity index (χ0) is 17.6. The van der Waals surface area contributed by atoms with Gasteiger partial charge in [0.15, 0.2) is 0 Å². The van der Waals surface area contributed by atoms with Gasteiger partial charge >= 0.3 is 0 Å². The molecule has 0 saturated carbocycles. The fraction of sp³-hybridized carbons (Fsp3) is 0.500. The molecule has 1 unspecified atom stereocenters. The van der Waals surface area contributed by atoms with E-state index in [1.165, 1.54) is 11.3 Å². The lowest BCUT2D eigenvalue weighted by molar-refractivity contribution is -0.118. The van der Waals surface area contributed by atoms with Gasteiger partial charge in [0.25, 0.3) is 0 Å². The van der Waals surface area contributed by atoms with Gasteiger partial charge in [-0.25, -0.2) is 0 Å². The van der Waals surface area contributed by atoms with Gasteiger partial charge in [0, 0.05) is 24.6 Å². The van der Waals surface area contributed by atoms with Crippen molar-refractivity contribution in [2.75, 3.05) is 18.5 Å². The molecule has 3 rings (SSSR count). The molecule has 25 heavy (non-hydrogen) atoms. The number of ether oxygens (including phenoxy) is 1. The Bertz CT molecular complexity index is 719. The van der Waals surface area contributed by atoms with Crippen LogP contribution in [0.15, 0.2) is 24.3 Å². The number of amides is 1. The molecule has 1 aliphatic heterocycles. The summed E-state index contributed by atoms with van der Waals surface area (Å²) in [6, 6.07) is 8.15. The monoisotopic (exact) mass is 360 g/mol. The normalized spacial score (nSPS) is 17.4. The van der Waals surface area contributed by atoms with Crippen molar-refractivity contribution in [3.05, 3.63) is 34.8 Å². The third kappa shape index (κ3) is 4.76. The lowest BCUT2D eigenvalue weighted by atomic mass is 10.2. The van der Waals surface area contributed by atoms with Crippen LogP contribution in [0.5, 0.6) is 5.75 Å². The average molecular weight is 360 g/mol. The van der Waals surface area contributed by atoms with Crippen LogP contribution in [0.25, 0.3) is 0 Å². The molecule has 0 bridgehead atoms. The van der Waals surface area contributed by atoms with Crippen LogP contribution in [0.4, 0.5) is 5.13 Å². The number of carbonyl (C=O) groups excluding carboxylic acids is 1. The molecule has 0 saturated heterocycles. The summed E-state index contributed by atoms with van der Waals surface area (Å²) in [6.07, 6.45) is 3.13. The van der Waals surface area contributed by atoms with Crippen LogP contribution in [0.2, 0.25) is 0 Å². The smallest absolute Gasteiger partial charge is 0.240 e. The van der Waals surface area contributed by atoms with Crippen LogP contribution in [-0.2, 0) is 17.8 Å². The lowest BCUT2D eigenvalue weighted by Crippen LogP contribution is -2.40. The van der Waals surface area contributed by atoms with E-state index in [0.717, 1.165) is 35.6 Å². The molecule has 2 heterocycles. The van der Waals surface area contributed by atoms with Crippen molar-refractivity contribution in [3.8, 4) is 5.75 Å². The van der Waals surface area contributed by atoms with Gasteiger partial charge < -0.3 is 4.74 Å². The molecular weight excluding hydrogens is 336 g/mol. The molecule has 0 spiro atoms. The van der Waals surface area contributed by atoms with E-state index in [9.17, 15) is 4.79 Å². The number of unbranched alkanes of at least 4 members (excludes halogenated alkanes) is 1. The second kappa shape index (κ2) is 8.40. The van der Waals surface area contributed by atoms with E-state index >= 15 is 0 Å². The third-order valence-electron chi connectivity index (χ3n) is 4.25. The van der Waals surface area contributed by atoms with Crippen molar-refractivity contribution >= 4 is 22.4 Å². The van der Waals surface area contributed by atoms with Crippen molar-refractivity contribution in [2.45, 2.75) is 45.7 Å². The number of rotatable bonds is 6. The molecule has 1 aliphatic rings. The highest BCUT2D eigenvalue weighted by Gasteiger charge is 2.23. The third-order valence-corrected chi connectivity index (χ3v) is 5.15. The topological polar surface area (TPSA) is 67.4 Å². The summed E-state index contributed by atoms with van der Waals surface area (Å²) in [5.41, 5.74) is 1.11. The van der Waals surface area contributed by atoms with E-state index in [4.69, 9.17) is 4.74 Å². The Morgan fingerprint density at radius 3 is 3.08 bits per heavy atom. The first kappa shape index (κ1) is 17.8. The summed E-state index contributed by atoms with van der Waals surface area (Å²) in [7, 11) is 0. The maximum absolute atomic E-state index is 12.4. The maximum Gasteiger partial charge on any atom is 0.240 e. The van der Waals surface area contributed by atoms with Crippen LogP contribution in [0.3, 0.4) is 0 Å². The summed E-state index contributed by atoms with van der Waals surface area (Å²) in [5.74, 6) is 0.839. The molecule has 6 nitrogen and oxygen atoms in total. The zero-order valence-electron chi connectivity index (χ0n) is 14.7. The van der Waals surface area contributed by atoms with Gasteiger partial charge in [0.1, 0.15) is 17.4 Å². The minimum absolute atomic E-state index is 0.0653. The Kier molecular flexibility index (Phi) is 5.99. The van der Waals surface area contributed by atoms with E-state index in [1.807, 2.05) is 24.3 Å². The van der Waals surface area contributed by atoms with Crippen molar-refractivity contribution < 1.29 is 9.53 Å². The van der Waals surface area contributed by atoms with E-state index in [2.05, 4.69) is 34.3 Å². The predicted octanol–water partition coefficient (Wildman–Crippen LogP) is 3.10. The van der Waals surface area contributed by atoms with Gasteiger partial charge in [-0.05, 0) is 19.4 Å². The molecule has 1 aromatic carbocycles. The fourth-order valence-corrected chi connectivity index (χ4v) is 3.55. The highest BCUT2D eigenvalue weighted by molar-refractivity contribution is 7.15. The summed E-state index contributed by atoms with van der Waals surface area (Å²) in [4.78, 5) is 14.5. The summed E-state index contributed by atoms with van der Waals surface area (Å²) >= 11 is 1.46. The SMILES string of the molecule is CCCCc1nnc(NC(=O)CN2Cc3ccccc3OCC2C)s1. The first-order valence-electron chi connectivity index (χ1n) is 8.72. The molecule has 0 aliphatic carbocycles. The Balaban J connectivity index is 1.59. The summed E-state index contributed by atoms with van der Waals surface area (Å²) in [6.45, 7) is 5.80. The van der Waals surface area contributed by atoms with Crippen molar-refractivity contribution in [1.29, 1.82) is 0 Å². The first-order valence-corrected chi connectivity index (χ1v) is 9.54. The quantitative estimate of drug-likeness (QED) is 0.857. The Morgan fingerprint density at radius 2 is 2.24 bits per heavy atom. The molecule has 1 aromatic heterocycles. The number of fused-ring (bicyclic) bond motifs is 1. The van der Waals surface area contributed by atoms with Gasteiger partial charge in [0.05, 0.1) is 6.54 Å². The molecule has 1 amide bonds. The Hall–Kier alpha value is -1.99. The molecule has 134 valence electrons. The summed E-state index contributed by atoms with van der Waals surface area (Å²) in [5, 5.41) is 12.6.